The molecule has 0 amide bonds. The molecule has 0 radical (unpaired) electrons. The molecule has 2 aliphatic rings. The molecule has 3 rings (SSSR count). The standard InChI is InChI=1S/C16H23NO3/c1-19-14-5-4-12-2-3-13(16(18)15(12)10-14)11-17-6-8-20-9-7-17/h4-5,10,13,16,18H,2-3,6-9,11H2,1H3. The van der Waals surface area contributed by atoms with Crippen molar-refractivity contribution in [2.24, 2.45) is 5.92 Å². The molecule has 0 spiro atoms. The van der Waals surface area contributed by atoms with E-state index in [2.05, 4.69) is 11.0 Å². The minimum atomic E-state index is -0.378. The normalized spacial score (nSPS) is 27.1. The summed E-state index contributed by atoms with van der Waals surface area (Å²) in [4.78, 5) is 2.41. The van der Waals surface area contributed by atoms with Gasteiger partial charge in [0.1, 0.15) is 5.75 Å². The number of fused-ring (bicyclic) bond motifs is 1. The van der Waals surface area contributed by atoms with E-state index in [1.54, 1.807) is 7.11 Å². The summed E-state index contributed by atoms with van der Waals surface area (Å²) in [6.45, 7) is 4.55. The van der Waals surface area contributed by atoms with Crippen molar-refractivity contribution >= 4 is 0 Å². The number of hydrogen-bond donors (Lipinski definition) is 1. The molecular formula is C16H23NO3. The fourth-order valence-corrected chi connectivity index (χ4v) is 3.26. The van der Waals surface area contributed by atoms with Crippen molar-refractivity contribution in [2.75, 3.05) is 40.0 Å². The minimum absolute atomic E-state index is 0.313. The molecule has 0 aromatic heterocycles. The van der Waals surface area contributed by atoms with Crippen LogP contribution in [-0.2, 0) is 11.2 Å². The third kappa shape index (κ3) is 2.82. The fourth-order valence-electron chi connectivity index (χ4n) is 3.26. The maximum absolute atomic E-state index is 10.7. The van der Waals surface area contributed by atoms with Gasteiger partial charge in [-0.2, -0.15) is 0 Å². The van der Waals surface area contributed by atoms with Crippen LogP contribution in [0.1, 0.15) is 23.7 Å². The summed E-state index contributed by atoms with van der Waals surface area (Å²) in [7, 11) is 1.67. The lowest BCUT2D eigenvalue weighted by molar-refractivity contribution is 0.00746. The number of benzene rings is 1. The van der Waals surface area contributed by atoms with Crippen molar-refractivity contribution in [3.8, 4) is 5.75 Å². The van der Waals surface area contributed by atoms with Crippen molar-refractivity contribution in [3.05, 3.63) is 29.3 Å². The topological polar surface area (TPSA) is 41.9 Å². The maximum Gasteiger partial charge on any atom is 0.119 e. The molecule has 4 heteroatoms. The van der Waals surface area contributed by atoms with Crippen LogP contribution in [0, 0.1) is 5.92 Å². The predicted octanol–water partition coefficient (Wildman–Crippen LogP) is 1.62. The lowest BCUT2D eigenvalue weighted by Gasteiger charge is -2.35. The monoisotopic (exact) mass is 277 g/mol. The molecule has 0 bridgehead atoms. The van der Waals surface area contributed by atoms with Crippen molar-refractivity contribution < 1.29 is 14.6 Å². The average Bonchev–Trinajstić information content (AvgIpc) is 2.51. The van der Waals surface area contributed by atoms with Crippen LogP contribution in [-0.4, -0.2) is 50.0 Å². The Hall–Kier alpha value is -1.10. The number of aryl methyl sites for hydroxylation is 1. The summed E-state index contributed by atoms with van der Waals surface area (Å²) >= 11 is 0. The van der Waals surface area contributed by atoms with Crippen LogP contribution in [0.15, 0.2) is 18.2 Å². The second kappa shape index (κ2) is 6.12. The van der Waals surface area contributed by atoms with E-state index in [-0.39, 0.29) is 6.10 Å². The van der Waals surface area contributed by atoms with E-state index in [4.69, 9.17) is 9.47 Å². The van der Waals surface area contributed by atoms with E-state index >= 15 is 0 Å². The SMILES string of the molecule is COc1ccc2c(c1)C(O)C(CN1CCOCC1)CC2. The third-order valence-corrected chi connectivity index (χ3v) is 4.50. The first-order valence-corrected chi connectivity index (χ1v) is 7.43. The number of aliphatic hydroxyl groups is 1. The molecule has 2 unspecified atom stereocenters. The first kappa shape index (κ1) is 13.9. The quantitative estimate of drug-likeness (QED) is 0.911. The molecule has 1 aromatic rings. The molecule has 1 aliphatic carbocycles. The Morgan fingerprint density at radius 3 is 2.90 bits per heavy atom. The van der Waals surface area contributed by atoms with Gasteiger partial charge < -0.3 is 14.6 Å². The molecule has 2 atom stereocenters. The Kier molecular flexibility index (Phi) is 4.24. The zero-order valence-corrected chi connectivity index (χ0v) is 12.0. The first-order chi connectivity index (χ1) is 9.78. The molecule has 4 nitrogen and oxygen atoms in total. The molecular weight excluding hydrogens is 254 g/mol. The summed E-state index contributed by atoms with van der Waals surface area (Å²) in [6.07, 6.45) is 1.72. The number of ether oxygens (including phenoxy) is 2. The molecule has 1 heterocycles. The maximum atomic E-state index is 10.7. The highest BCUT2D eigenvalue weighted by Gasteiger charge is 2.30. The number of nitrogens with zero attached hydrogens (tertiary/aromatic N) is 1. The lowest BCUT2D eigenvalue weighted by atomic mass is 9.81. The molecule has 20 heavy (non-hydrogen) atoms. The number of rotatable bonds is 3. The minimum Gasteiger partial charge on any atom is -0.497 e. The van der Waals surface area contributed by atoms with Crippen molar-refractivity contribution in [2.45, 2.75) is 18.9 Å². The molecule has 1 N–H and O–H groups in total. The van der Waals surface area contributed by atoms with Gasteiger partial charge in [-0.15, -0.1) is 0 Å². The Morgan fingerprint density at radius 1 is 1.35 bits per heavy atom. The summed E-state index contributed by atoms with van der Waals surface area (Å²) in [6, 6.07) is 6.06. The highest BCUT2D eigenvalue weighted by Crippen LogP contribution is 2.36. The van der Waals surface area contributed by atoms with Crippen molar-refractivity contribution in [1.82, 2.24) is 4.90 Å². The van der Waals surface area contributed by atoms with E-state index in [9.17, 15) is 5.11 Å². The average molecular weight is 277 g/mol. The van der Waals surface area contributed by atoms with Gasteiger partial charge in [0.15, 0.2) is 0 Å². The fraction of sp³-hybridized carbons (Fsp3) is 0.625. The van der Waals surface area contributed by atoms with Gasteiger partial charge in [0.2, 0.25) is 0 Å². The molecule has 1 fully saturated rings. The van der Waals surface area contributed by atoms with Crippen LogP contribution in [0.3, 0.4) is 0 Å². The number of morpholine rings is 1. The zero-order valence-electron chi connectivity index (χ0n) is 12.0. The smallest absolute Gasteiger partial charge is 0.119 e. The van der Waals surface area contributed by atoms with Crippen LogP contribution >= 0.6 is 0 Å². The summed E-state index contributed by atoms with van der Waals surface area (Å²) in [5, 5.41) is 10.7. The molecule has 1 saturated heterocycles. The van der Waals surface area contributed by atoms with Crippen LogP contribution in [0.4, 0.5) is 0 Å². The van der Waals surface area contributed by atoms with Gasteiger partial charge in [-0.3, -0.25) is 4.90 Å². The summed E-state index contributed by atoms with van der Waals surface area (Å²) in [5.41, 5.74) is 2.31. The molecule has 0 saturated carbocycles. The Balaban J connectivity index is 1.72. The highest BCUT2D eigenvalue weighted by molar-refractivity contribution is 5.39. The van der Waals surface area contributed by atoms with Gasteiger partial charge in [-0.05, 0) is 36.1 Å². The molecule has 1 aromatic carbocycles. The van der Waals surface area contributed by atoms with Crippen LogP contribution in [0.2, 0.25) is 0 Å². The van der Waals surface area contributed by atoms with E-state index < -0.39 is 0 Å². The Morgan fingerprint density at radius 2 is 2.15 bits per heavy atom. The van der Waals surface area contributed by atoms with E-state index in [1.165, 1.54) is 5.56 Å². The third-order valence-electron chi connectivity index (χ3n) is 4.50. The Bertz CT molecular complexity index is 457. The lowest BCUT2D eigenvalue weighted by Crippen LogP contribution is -2.41. The Labute approximate surface area is 120 Å². The van der Waals surface area contributed by atoms with E-state index in [0.717, 1.165) is 57.0 Å². The van der Waals surface area contributed by atoms with E-state index in [0.29, 0.717) is 5.92 Å². The highest BCUT2D eigenvalue weighted by atomic mass is 16.5. The largest absolute Gasteiger partial charge is 0.497 e. The van der Waals surface area contributed by atoms with Crippen molar-refractivity contribution in [3.63, 3.8) is 0 Å². The summed E-state index contributed by atoms with van der Waals surface area (Å²) in [5.74, 6) is 1.14. The zero-order chi connectivity index (χ0) is 13.9. The van der Waals surface area contributed by atoms with Crippen LogP contribution in [0.25, 0.3) is 0 Å². The first-order valence-electron chi connectivity index (χ1n) is 7.43. The van der Waals surface area contributed by atoms with Gasteiger partial charge in [-0.25, -0.2) is 0 Å². The number of aliphatic hydroxyl groups excluding tert-OH is 1. The number of hydrogen-bond acceptors (Lipinski definition) is 4. The van der Waals surface area contributed by atoms with Gasteiger partial charge in [0.05, 0.1) is 26.4 Å². The van der Waals surface area contributed by atoms with Crippen LogP contribution in [0.5, 0.6) is 5.75 Å². The molecule has 1 aliphatic heterocycles. The predicted molar refractivity (Wildman–Crippen MR) is 77.0 cm³/mol. The van der Waals surface area contributed by atoms with Crippen LogP contribution < -0.4 is 4.74 Å². The second-order valence-corrected chi connectivity index (χ2v) is 5.72. The molecule has 110 valence electrons. The van der Waals surface area contributed by atoms with E-state index in [1.807, 2.05) is 12.1 Å². The van der Waals surface area contributed by atoms with Gasteiger partial charge >= 0.3 is 0 Å². The second-order valence-electron chi connectivity index (χ2n) is 5.72. The van der Waals surface area contributed by atoms with Gasteiger partial charge in [-0.1, -0.05) is 6.07 Å². The van der Waals surface area contributed by atoms with Gasteiger partial charge in [0, 0.05) is 25.6 Å². The van der Waals surface area contributed by atoms with Crippen molar-refractivity contribution in [1.29, 1.82) is 0 Å². The van der Waals surface area contributed by atoms with Gasteiger partial charge in [0.25, 0.3) is 0 Å². The number of methoxy groups -OCH3 is 1. The summed E-state index contributed by atoms with van der Waals surface area (Å²) < 4.78 is 10.7.